The molecule has 3 aromatic heterocycles. The van der Waals surface area contributed by atoms with Crippen molar-refractivity contribution in [1.82, 2.24) is 19.9 Å². The summed E-state index contributed by atoms with van der Waals surface area (Å²) in [5.41, 5.74) is 16.2. The van der Waals surface area contributed by atoms with Gasteiger partial charge in [-0.15, -0.1) is 0 Å². The molecule has 9 heteroatoms. The van der Waals surface area contributed by atoms with Gasteiger partial charge in [0.15, 0.2) is 0 Å². The largest absolute Gasteiger partial charge is 0.396 e. The Morgan fingerprint density at radius 1 is 0.935 bits per heavy atom. The summed E-state index contributed by atoms with van der Waals surface area (Å²) in [6.45, 7) is 3.73. The molecule has 0 aliphatic carbocycles. The first-order valence-corrected chi connectivity index (χ1v) is 9.50. The summed E-state index contributed by atoms with van der Waals surface area (Å²) < 4.78 is 0. The lowest BCUT2D eigenvalue weighted by molar-refractivity contribution is 0.687. The highest BCUT2D eigenvalue weighted by molar-refractivity contribution is 5.97. The van der Waals surface area contributed by atoms with Gasteiger partial charge in [-0.3, -0.25) is 9.99 Å². The maximum Gasteiger partial charge on any atom is 0.219 e. The second-order valence-electron chi connectivity index (χ2n) is 7.61. The van der Waals surface area contributed by atoms with Gasteiger partial charge in [-0.2, -0.15) is 5.26 Å². The standard InChI is InChI=1S/C22H21N9/c1-22(2,12-23)14-3-5-15(6-4-14)31(26)20-16(24)11-27-18-8-7-17(30-19(18)20)13-9-28-21(25)29-10-13/h3-11H,24,26H2,1-2H3,(H2,25,28,29). The van der Waals surface area contributed by atoms with E-state index in [1.807, 2.05) is 50.2 Å². The monoisotopic (exact) mass is 411 g/mol. The van der Waals surface area contributed by atoms with Crippen molar-refractivity contribution < 1.29 is 0 Å². The summed E-state index contributed by atoms with van der Waals surface area (Å²) in [6, 6.07) is 13.4. The van der Waals surface area contributed by atoms with Gasteiger partial charge >= 0.3 is 0 Å². The lowest BCUT2D eigenvalue weighted by Gasteiger charge is -2.23. The number of anilines is 4. The van der Waals surface area contributed by atoms with Gasteiger partial charge < -0.3 is 11.5 Å². The van der Waals surface area contributed by atoms with Crippen LogP contribution < -0.4 is 22.3 Å². The molecule has 0 radical (unpaired) electrons. The molecular formula is C22H21N9. The van der Waals surface area contributed by atoms with Gasteiger partial charge in [0, 0.05) is 18.0 Å². The van der Waals surface area contributed by atoms with Gasteiger partial charge in [-0.05, 0) is 43.7 Å². The maximum absolute atomic E-state index is 9.36. The average Bonchev–Trinajstić information content (AvgIpc) is 2.79. The molecule has 0 saturated heterocycles. The van der Waals surface area contributed by atoms with Crippen LogP contribution in [-0.4, -0.2) is 19.9 Å². The Kier molecular flexibility index (Phi) is 4.85. The van der Waals surface area contributed by atoms with Crippen molar-refractivity contribution in [1.29, 1.82) is 5.26 Å². The molecule has 0 bridgehead atoms. The van der Waals surface area contributed by atoms with Gasteiger partial charge in [-0.25, -0.2) is 20.8 Å². The van der Waals surface area contributed by atoms with Crippen LogP contribution in [0.25, 0.3) is 22.3 Å². The first-order valence-electron chi connectivity index (χ1n) is 9.50. The first kappa shape index (κ1) is 20.0. The third-order valence-electron chi connectivity index (χ3n) is 5.07. The van der Waals surface area contributed by atoms with Crippen molar-refractivity contribution in [3.8, 4) is 17.3 Å². The number of rotatable bonds is 4. The zero-order chi connectivity index (χ0) is 22.2. The number of benzene rings is 1. The van der Waals surface area contributed by atoms with E-state index in [9.17, 15) is 5.26 Å². The van der Waals surface area contributed by atoms with E-state index >= 15 is 0 Å². The lowest BCUT2D eigenvalue weighted by atomic mass is 9.86. The molecule has 154 valence electrons. The highest BCUT2D eigenvalue weighted by atomic mass is 15.4. The normalized spacial score (nSPS) is 11.3. The Morgan fingerprint density at radius 2 is 1.61 bits per heavy atom. The van der Waals surface area contributed by atoms with Gasteiger partial charge in [0.05, 0.1) is 40.3 Å². The van der Waals surface area contributed by atoms with Gasteiger partial charge in [0.2, 0.25) is 5.95 Å². The summed E-state index contributed by atoms with van der Waals surface area (Å²) in [4.78, 5) is 17.1. The minimum absolute atomic E-state index is 0.187. The fourth-order valence-electron chi connectivity index (χ4n) is 3.18. The Balaban J connectivity index is 1.80. The van der Waals surface area contributed by atoms with E-state index in [-0.39, 0.29) is 5.95 Å². The molecule has 9 nitrogen and oxygen atoms in total. The van der Waals surface area contributed by atoms with E-state index in [1.165, 1.54) is 5.01 Å². The van der Waals surface area contributed by atoms with Crippen LogP contribution in [0.2, 0.25) is 0 Å². The quantitative estimate of drug-likeness (QED) is 0.339. The van der Waals surface area contributed by atoms with E-state index in [0.29, 0.717) is 39.4 Å². The number of fused-ring (bicyclic) bond motifs is 1. The maximum atomic E-state index is 9.36. The van der Waals surface area contributed by atoms with Crippen molar-refractivity contribution in [3.63, 3.8) is 0 Å². The molecule has 1 aromatic carbocycles. The van der Waals surface area contributed by atoms with Crippen LogP contribution in [0.3, 0.4) is 0 Å². The summed E-state index contributed by atoms with van der Waals surface area (Å²) >= 11 is 0. The summed E-state index contributed by atoms with van der Waals surface area (Å²) in [5.74, 6) is 6.65. The summed E-state index contributed by atoms with van der Waals surface area (Å²) in [7, 11) is 0. The minimum atomic E-state index is -0.599. The second kappa shape index (κ2) is 7.51. The van der Waals surface area contributed by atoms with E-state index in [2.05, 4.69) is 21.0 Å². The van der Waals surface area contributed by atoms with Crippen LogP contribution in [0.15, 0.2) is 55.0 Å². The molecule has 0 fully saturated rings. The zero-order valence-electron chi connectivity index (χ0n) is 17.1. The van der Waals surface area contributed by atoms with E-state index < -0.39 is 5.41 Å². The first-order chi connectivity index (χ1) is 14.8. The molecule has 0 spiro atoms. The molecule has 0 aliphatic heterocycles. The van der Waals surface area contributed by atoms with Crippen molar-refractivity contribution in [2.75, 3.05) is 16.5 Å². The number of nitrogens with zero attached hydrogens (tertiary/aromatic N) is 6. The molecular weight excluding hydrogens is 390 g/mol. The SMILES string of the molecule is CC(C)(C#N)c1ccc(N(N)c2c(N)cnc3ccc(-c4cnc(N)nc4)nc23)cc1. The van der Waals surface area contributed by atoms with Crippen LogP contribution in [0.1, 0.15) is 19.4 Å². The highest BCUT2D eigenvalue weighted by Gasteiger charge is 2.21. The summed E-state index contributed by atoms with van der Waals surface area (Å²) in [5, 5.41) is 10.8. The Morgan fingerprint density at radius 3 is 2.26 bits per heavy atom. The number of pyridine rings is 2. The topological polar surface area (TPSA) is 157 Å². The molecule has 0 aliphatic rings. The molecule has 0 unspecified atom stereocenters. The molecule has 31 heavy (non-hydrogen) atoms. The number of nitrogen functional groups attached to an aromatic ring is 2. The van der Waals surface area contributed by atoms with Crippen molar-refractivity contribution in [3.05, 3.63) is 60.6 Å². The van der Waals surface area contributed by atoms with Gasteiger partial charge in [0.25, 0.3) is 0 Å². The van der Waals surface area contributed by atoms with Crippen LogP contribution >= 0.6 is 0 Å². The molecule has 3 heterocycles. The van der Waals surface area contributed by atoms with Crippen LogP contribution in [0.4, 0.5) is 23.0 Å². The number of nitriles is 1. The predicted molar refractivity (Wildman–Crippen MR) is 121 cm³/mol. The third kappa shape index (κ3) is 3.68. The molecule has 0 saturated carbocycles. The Hall–Kier alpha value is -4.29. The van der Waals surface area contributed by atoms with E-state index in [0.717, 1.165) is 5.56 Å². The fraction of sp³-hybridized carbons (Fsp3) is 0.136. The summed E-state index contributed by atoms with van der Waals surface area (Å²) in [6.07, 6.45) is 4.76. The molecule has 4 aromatic rings. The minimum Gasteiger partial charge on any atom is -0.396 e. The van der Waals surface area contributed by atoms with Gasteiger partial charge in [-0.1, -0.05) is 12.1 Å². The van der Waals surface area contributed by atoms with Gasteiger partial charge in [0.1, 0.15) is 11.2 Å². The van der Waals surface area contributed by atoms with Crippen molar-refractivity contribution in [2.24, 2.45) is 5.84 Å². The smallest absolute Gasteiger partial charge is 0.219 e. The van der Waals surface area contributed by atoms with Crippen LogP contribution in [0, 0.1) is 11.3 Å². The van der Waals surface area contributed by atoms with E-state index in [4.69, 9.17) is 22.3 Å². The number of hydrazine groups is 1. The lowest BCUT2D eigenvalue weighted by Crippen LogP contribution is -2.26. The zero-order valence-corrected chi connectivity index (χ0v) is 17.1. The number of aromatic nitrogens is 4. The van der Waals surface area contributed by atoms with E-state index in [1.54, 1.807) is 18.6 Å². The predicted octanol–water partition coefficient (Wildman–Crippen LogP) is 3.06. The molecule has 0 atom stereocenters. The average molecular weight is 411 g/mol. The molecule has 4 rings (SSSR count). The Labute approximate surface area is 179 Å². The number of nitrogens with two attached hydrogens (primary N) is 3. The highest BCUT2D eigenvalue weighted by Crippen LogP contribution is 2.35. The van der Waals surface area contributed by atoms with Crippen LogP contribution in [0.5, 0.6) is 0 Å². The number of hydrogen-bond acceptors (Lipinski definition) is 9. The van der Waals surface area contributed by atoms with Crippen molar-refractivity contribution >= 4 is 34.0 Å². The fourth-order valence-corrected chi connectivity index (χ4v) is 3.18. The van der Waals surface area contributed by atoms with Crippen LogP contribution in [-0.2, 0) is 5.41 Å². The second-order valence-corrected chi connectivity index (χ2v) is 7.61. The third-order valence-corrected chi connectivity index (χ3v) is 5.07. The number of hydrogen-bond donors (Lipinski definition) is 3. The molecule has 0 amide bonds. The Bertz CT molecular complexity index is 1290. The molecule has 6 N–H and O–H groups in total. The van der Waals surface area contributed by atoms with Crippen molar-refractivity contribution in [2.45, 2.75) is 19.3 Å².